The summed E-state index contributed by atoms with van der Waals surface area (Å²) in [5.41, 5.74) is 8.58. The predicted molar refractivity (Wildman–Crippen MR) is 96.6 cm³/mol. The summed E-state index contributed by atoms with van der Waals surface area (Å²) in [6.07, 6.45) is 7.62. The van der Waals surface area contributed by atoms with Gasteiger partial charge in [0.15, 0.2) is 0 Å². The van der Waals surface area contributed by atoms with Crippen LogP contribution in [-0.4, -0.2) is 17.2 Å². The lowest BCUT2D eigenvalue weighted by atomic mass is 9.88. The quantitative estimate of drug-likeness (QED) is 0.492. The first-order chi connectivity index (χ1) is 10.3. The second-order valence-corrected chi connectivity index (χ2v) is 6.29. The van der Waals surface area contributed by atoms with Crippen molar-refractivity contribution in [2.75, 3.05) is 17.6 Å². The van der Waals surface area contributed by atoms with Crippen LogP contribution in [0.4, 0.5) is 11.5 Å². The highest BCUT2D eigenvalue weighted by Crippen LogP contribution is 2.27. The molecule has 1 aromatic rings. The number of nitrogens with two attached hydrogens (primary N) is 1. The Hall–Kier alpha value is -2.10. The van der Waals surface area contributed by atoms with Crippen molar-refractivity contribution in [2.24, 2.45) is 5.41 Å². The zero-order valence-electron chi connectivity index (χ0n) is 14.2. The Kier molecular flexibility index (Phi) is 6.35. The van der Waals surface area contributed by atoms with Crippen molar-refractivity contribution in [3.63, 3.8) is 0 Å². The molecule has 22 heavy (non-hydrogen) atoms. The Morgan fingerprint density at radius 3 is 2.77 bits per heavy atom. The van der Waals surface area contributed by atoms with Crippen LogP contribution in [0.15, 0.2) is 36.6 Å². The highest BCUT2D eigenvalue weighted by Gasteiger charge is 2.19. The highest BCUT2D eigenvalue weighted by atomic mass is 14.9. The topological polar surface area (TPSA) is 74.8 Å². The molecule has 0 unspecified atom stereocenters. The SMILES string of the molecule is C=C(C=CC)C(=N)c1c(NCC(C)(C)CCC)ccnc1N. The van der Waals surface area contributed by atoms with Gasteiger partial charge in [0.25, 0.3) is 0 Å². The second kappa shape index (κ2) is 7.78. The molecular weight excluding hydrogens is 272 g/mol. The van der Waals surface area contributed by atoms with Gasteiger partial charge >= 0.3 is 0 Å². The van der Waals surface area contributed by atoms with Gasteiger partial charge in [0.2, 0.25) is 0 Å². The van der Waals surface area contributed by atoms with E-state index in [4.69, 9.17) is 11.1 Å². The van der Waals surface area contributed by atoms with Gasteiger partial charge in [0, 0.05) is 18.4 Å². The zero-order valence-corrected chi connectivity index (χ0v) is 14.2. The number of allylic oxidation sites excluding steroid dienone is 3. The van der Waals surface area contributed by atoms with Crippen molar-refractivity contribution < 1.29 is 0 Å². The van der Waals surface area contributed by atoms with Gasteiger partial charge < -0.3 is 11.1 Å². The van der Waals surface area contributed by atoms with Gasteiger partial charge in [0.05, 0.1) is 11.3 Å². The number of aromatic nitrogens is 1. The van der Waals surface area contributed by atoms with Crippen LogP contribution in [0.2, 0.25) is 0 Å². The molecule has 1 heterocycles. The van der Waals surface area contributed by atoms with E-state index in [1.54, 1.807) is 12.3 Å². The summed E-state index contributed by atoms with van der Waals surface area (Å²) >= 11 is 0. The smallest absolute Gasteiger partial charge is 0.134 e. The predicted octanol–water partition coefficient (Wildman–Crippen LogP) is 4.40. The molecule has 0 aliphatic carbocycles. The largest absolute Gasteiger partial charge is 0.384 e. The summed E-state index contributed by atoms with van der Waals surface area (Å²) < 4.78 is 0. The van der Waals surface area contributed by atoms with E-state index in [1.165, 1.54) is 0 Å². The number of hydrogen-bond donors (Lipinski definition) is 3. The molecule has 4 nitrogen and oxygen atoms in total. The van der Waals surface area contributed by atoms with E-state index in [1.807, 2.05) is 19.1 Å². The minimum Gasteiger partial charge on any atom is -0.384 e. The summed E-state index contributed by atoms with van der Waals surface area (Å²) in [4.78, 5) is 4.12. The number of nitrogens with zero attached hydrogens (tertiary/aromatic N) is 1. The lowest BCUT2D eigenvalue weighted by Gasteiger charge is -2.26. The minimum absolute atomic E-state index is 0.187. The Labute approximate surface area is 134 Å². The van der Waals surface area contributed by atoms with Crippen molar-refractivity contribution in [1.82, 2.24) is 4.98 Å². The molecule has 0 bridgehead atoms. The van der Waals surface area contributed by atoms with Crippen molar-refractivity contribution in [2.45, 2.75) is 40.5 Å². The Balaban J connectivity index is 3.04. The molecule has 1 aromatic heterocycles. The molecule has 0 saturated carbocycles. The van der Waals surface area contributed by atoms with Gasteiger partial charge in [-0.05, 0) is 30.4 Å². The van der Waals surface area contributed by atoms with Crippen LogP contribution in [0.1, 0.15) is 46.1 Å². The van der Waals surface area contributed by atoms with E-state index in [9.17, 15) is 0 Å². The van der Waals surface area contributed by atoms with Crippen molar-refractivity contribution in [3.8, 4) is 0 Å². The molecular formula is C18H28N4. The van der Waals surface area contributed by atoms with Crippen molar-refractivity contribution in [3.05, 3.63) is 42.1 Å². The molecule has 0 atom stereocenters. The fourth-order valence-corrected chi connectivity index (χ4v) is 2.43. The van der Waals surface area contributed by atoms with E-state index in [-0.39, 0.29) is 5.41 Å². The lowest BCUT2D eigenvalue weighted by molar-refractivity contribution is 0.354. The van der Waals surface area contributed by atoms with E-state index in [0.717, 1.165) is 25.1 Å². The number of rotatable bonds is 8. The van der Waals surface area contributed by atoms with Gasteiger partial charge in [0.1, 0.15) is 5.82 Å². The Morgan fingerprint density at radius 1 is 1.50 bits per heavy atom. The molecule has 0 radical (unpaired) electrons. The van der Waals surface area contributed by atoms with Crippen molar-refractivity contribution in [1.29, 1.82) is 5.41 Å². The first-order valence-corrected chi connectivity index (χ1v) is 7.71. The third-order valence-electron chi connectivity index (χ3n) is 3.60. The molecule has 0 amide bonds. The minimum atomic E-state index is 0.187. The monoisotopic (exact) mass is 300 g/mol. The van der Waals surface area contributed by atoms with Crippen LogP contribution < -0.4 is 11.1 Å². The molecule has 1 rings (SSSR count). The fraction of sp³-hybridized carbons (Fsp3) is 0.444. The molecule has 4 heteroatoms. The summed E-state index contributed by atoms with van der Waals surface area (Å²) in [5.74, 6) is 0.356. The normalized spacial score (nSPS) is 11.6. The van der Waals surface area contributed by atoms with Crippen LogP contribution >= 0.6 is 0 Å². The summed E-state index contributed by atoms with van der Waals surface area (Å²) in [7, 11) is 0. The third-order valence-corrected chi connectivity index (χ3v) is 3.60. The summed E-state index contributed by atoms with van der Waals surface area (Å²) in [5, 5.41) is 11.8. The second-order valence-electron chi connectivity index (χ2n) is 6.29. The van der Waals surface area contributed by atoms with Gasteiger partial charge in [-0.2, -0.15) is 0 Å². The molecule has 120 valence electrons. The number of nitrogen functional groups attached to an aromatic ring is 1. The van der Waals surface area contributed by atoms with E-state index < -0.39 is 0 Å². The molecule has 0 aliphatic rings. The average molecular weight is 300 g/mol. The highest BCUT2D eigenvalue weighted by molar-refractivity contribution is 6.17. The van der Waals surface area contributed by atoms with Gasteiger partial charge in [-0.25, -0.2) is 4.98 Å². The third kappa shape index (κ3) is 4.72. The average Bonchev–Trinajstić information content (AvgIpc) is 2.45. The van der Waals surface area contributed by atoms with E-state index in [2.05, 4.69) is 37.7 Å². The molecule has 0 spiro atoms. The number of pyridine rings is 1. The first-order valence-electron chi connectivity index (χ1n) is 7.71. The maximum atomic E-state index is 8.33. The molecule has 0 aromatic carbocycles. The van der Waals surface area contributed by atoms with Crippen LogP contribution in [0.3, 0.4) is 0 Å². The van der Waals surface area contributed by atoms with E-state index >= 15 is 0 Å². The molecule has 4 N–H and O–H groups in total. The first kappa shape index (κ1) is 18.0. The zero-order chi connectivity index (χ0) is 16.8. The Morgan fingerprint density at radius 2 is 2.18 bits per heavy atom. The Bertz CT molecular complexity index is 570. The van der Waals surface area contributed by atoms with Gasteiger partial charge in [-0.15, -0.1) is 0 Å². The molecule has 0 aliphatic heterocycles. The molecule has 0 saturated heterocycles. The van der Waals surface area contributed by atoms with Crippen LogP contribution in [-0.2, 0) is 0 Å². The van der Waals surface area contributed by atoms with E-state index in [0.29, 0.717) is 22.7 Å². The summed E-state index contributed by atoms with van der Waals surface area (Å²) in [6, 6.07) is 1.87. The van der Waals surface area contributed by atoms with Crippen LogP contribution in [0.25, 0.3) is 0 Å². The number of anilines is 2. The maximum absolute atomic E-state index is 8.33. The molecule has 0 fully saturated rings. The van der Waals surface area contributed by atoms with Crippen molar-refractivity contribution >= 4 is 17.2 Å². The van der Waals surface area contributed by atoms with Crippen LogP contribution in [0.5, 0.6) is 0 Å². The van der Waals surface area contributed by atoms with Gasteiger partial charge in [-0.1, -0.05) is 45.9 Å². The maximum Gasteiger partial charge on any atom is 0.134 e. The van der Waals surface area contributed by atoms with Gasteiger partial charge in [-0.3, -0.25) is 5.41 Å². The number of nitrogens with one attached hydrogen (secondary N) is 2. The fourth-order valence-electron chi connectivity index (χ4n) is 2.43. The summed E-state index contributed by atoms with van der Waals surface area (Å²) in [6.45, 7) is 13.3. The van der Waals surface area contributed by atoms with Crippen LogP contribution in [0, 0.1) is 10.8 Å². The lowest BCUT2D eigenvalue weighted by Crippen LogP contribution is -2.24. The number of hydrogen-bond acceptors (Lipinski definition) is 4. The standard InChI is InChI=1S/C18H28N4/c1-6-8-13(3)16(19)15-14(9-11-21-17(15)20)22-12-18(4,5)10-7-2/h6,8-9,11,19H,3,7,10,12H2,1-2,4-5H3,(H3,20,21,22).